The first-order chi connectivity index (χ1) is 1.89. The molecule has 1 heterocycles. The second-order valence-corrected chi connectivity index (χ2v) is 4.96. The average Bonchev–Trinajstić information content (AvgIpc) is 1.75. The van der Waals surface area contributed by atoms with Gasteiger partial charge in [0.2, 0.25) is 0 Å². The zero-order valence-corrected chi connectivity index (χ0v) is 4.19. The van der Waals surface area contributed by atoms with Gasteiger partial charge in [-0.1, -0.05) is 0 Å². The molecule has 0 aromatic carbocycles. The molecule has 0 aliphatic carbocycles. The number of hydrogen-bond acceptors (Lipinski definition) is 1. The third-order valence-corrected chi connectivity index (χ3v) is 2.20. The summed E-state index contributed by atoms with van der Waals surface area (Å²) in [6.07, 6.45) is 0. The zero-order valence-electron chi connectivity index (χ0n) is 2.31. The van der Waals surface area contributed by atoms with Gasteiger partial charge in [0, 0.05) is 0 Å². The van der Waals surface area contributed by atoms with E-state index in [9.17, 15) is 0 Å². The standard InChI is InChI=1S/C2H5AsO/c4-3-1-2-3/h4H,1-2H2. The van der Waals surface area contributed by atoms with Gasteiger partial charge < -0.3 is 0 Å². The number of rotatable bonds is 0. The Morgan fingerprint density at radius 1 is 1.50 bits per heavy atom. The van der Waals surface area contributed by atoms with Crippen LogP contribution in [0.3, 0.4) is 0 Å². The maximum atomic E-state index is 8.31. The summed E-state index contributed by atoms with van der Waals surface area (Å²) < 4.78 is 8.31. The van der Waals surface area contributed by atoms with E-state index in [4.69, 9.17) is 4.10 Å². The molecular weight excluding hydrogens is 115 g/mol. The van der Waals surface area contributed by atoms with Crippen LogP contribution in [0.2, 0.25) is 10.4 Å². The SMILES string of the molecule is O[As]1CC1. The van der Waals surface area contributed by atoms with Gasteiger partial charge >= 0.3 is 29.5 Å². The summed E-state index contributed by atoms with van der Waals surface area (Å²) in [6.45, 7) is 0. The first-order valence-electron chi connectivity index (χ1n) is 1.33. The fraction of sp³-hybridized carbons (Fsp3) is 1.00. The van der Waals surface area contributed by atoms with Crippen molar-refractivity contribution in [3.05, 3.63) is 0 Å². The Morgan fingerprint density at radius 3 is 1.75 bits per heavy atom. The Bertz CT molecular complexity index is 25.2. The second kappa shape index (κ2) is 0.733. The van der Waals surface area contributed by atoms with Gasteiger partial charge in [-0.05, 0) is 0 Å². The molecule has 1 nitrogen and oxygen atoms in total. The molecule has 1 N–H and O–H groups in total. The van der Waals surface area contributed by atoms with Crippen LogP contribution in [0.4, 0.5) is 0 Å². The van der Waals surface area contributed by atoms with Crippen LogP contribution in [-0.4, -0.2) is 19.1 Å². The van der Waals surface area contributed by atoms with Crippen molar-refractivity contribution in [2.24, 2.45) is 0 Å². The summed E-state index contributed by atoms with van der Waals surface area (Å²) in [4.78, 5) is 0. The molecule has 1 fully saturated rings. The van der Waals surface area contributed by atoms with Crippen molar-refractivity contribution >= 4 is 15.0 Å². The van der Waals surface area contributed by atoms with Crippen LogP contribution >= 0.6 is 0 Å². The Kier molecular flexibility index (Phi) is 0.502. The molecule has 2 heteroatoms. The Morgan fingerprint density at radius 2 is 1.75 bits per heavy atom. The molecule has 1 saturated heterocycles. The van der Waals surface area contributed by atoms with E-state index in [1.54, 1.807) is 0 Å². The molecule has 4 heavy (non-hydrogen) atoms. The predicted octanol–water partition coefficient (Wildman–Crippen LogP) is -0.0162. The van der Waals surface area contributed by atoms with Crippen molar-refractivity contribution in [3.8, 4) is 0 Å². The normalized spacial score (nSPS) is 26.2. The molecule has 0 aromatic heterocycles. The van der Waals surface area contributed by atoms with Crippen molar-refractivity contribution in [3.63, 3.8) is 0 Å². The van der Waals surface area contributed by atoms with E-state index in [0.717, 1.165) is 0 Å². The molecule has 0 unspecified atom stereocenters. The van der Waals surface area contributed by atoms with Gasteiger partial charge in [0.25, 0.3) is 0 Å². The molecule has 0 saturated carbocycles. The van der Waals surface area contributed by atoms with Crippen LogP contribution in [0.1, 0.15) is 0 Å². The minimum absolute atomic E-state index is 0.938. The third kappa shape index (κ3) is 0.469. The van der Waals surface area contributed by atoms with E-state index < -0.39 is 15.0 Å². The Labute approximate surface area is 30.2 Å². The first-order valence-corrected chi connectivity index (χ1v) is 4.83. The molecule has 0 amide bonds. The van der Waals surface area contributed by atoms with Crippen molar-refractivity contribution in [2.75, 3.05) is 0 Å². The van der Waals surface area contributed by atoms with Crippen LogP contribution in [0.25, 0.3) is 0 Å². The molecule has 1 aliphatic rings. The fourth-order valence-electron chi connectivity index (χ4n) is 0.0447. The number of hydrogen-bond donors (Lipinski definition) is 1. The van der Waals surface area contributed by atoms with Crippen LogP contribution < -0.4 is 0 Å². The van der Waals surface area contributed by atoms with E-state index in [1.165, 1.54) is 10.4 Å². The summed E-state index contributed by atoms with van der Waals surface area (Å²) in [5, 5.41) is 2.38. The zero-order chi connectivity index (χ0) is 2.99. The monoisotopic (exact) mass is 120 g/mol. The van der Waals surface area contributed by atoms with Crippen molar-refractivity contribution in [1.29, 1.82) is 0 Å². The second-order valence-electron chi connectivity index (χ2n) is 0.954. The van der Waals surface area contributed by atoms with Crippen LogP contribution in [0, 0.1) is 0 Å². The Balaban J connectivity index is 2.17. The summed E-state index contributed by atoms with van der Waals surface area (Å²) in [6, 6.07) is 0. The van der Waals surface area contributed by atoms with Crippen LogP contribution in [0.5, 0.6) is 0 Å². The molecule has 1 aliphatic heterocycles. The molecule has 24 valence electrons. The molecule has 0 bridgehead atoms. The van der Waals surface area contributed by atoms with Crippen molar-refractivity contribution < 1.29 is 4.10 Å². The Hall–Kier alpha value is 0.518. The van der Waals surface area contributed by atoms with Gasteiger partial charge in [-0.25, -0.2) is 0 Å². The maximum absolute atomic E-state index is 8.31. The molecule has 1 rings (SSSR count). The fourth-order valence-corrected chi connectivity index (χ4v) is 1.21. The topological polar surface area (TPSA) is 20.2 Å². The predicted molar refractivity (Wildman–Crippen MR) is 17.6 cm³/mol. The van der Waals surface area contributed by atoms with Crippen LogP contribution in [0.15, 0.2) is 0 Å². The molecule has 0 atom stereocenters. The van der Waals surface area contributed by atoms with Gasteiger partial charge in [-0.2, -0.15) is 0 Å². The molecule has 0 spiro atoms. The van der Waals surface area contributed by atoms with E-state index in [0.29, 0.717) is 0 Å². The van der Waals surface area contributed by atoms with Gasteiger partial charge in [-0.3, -0.25) is 0 Å². The minimum atomic E-state index is -0.938. The van der Waals surface area contributed by atoms with Gasteiger partial charge in [-0.15, -0.1) is 0 Å². The van der Waals surface area contributed by atoms with Gasteiger partial charge in [0.05, 0.1) is 0 Å². The van der Waals surface area contributed by atoms with E-state index >= 15 is 0 Å². The van der Waals surface area contributed by atoms with E-state index in [-0.39, 0.29) is 0 Å². The van der Waals surface area contributed by atoms with Gasteiger partial charge in [0.1, 0.15) is 0 Å². The van der Waals surface area contributed by atoms with Crippen molar-refractivity contribution in [2.45, 2.75) is 10.4 Å². The average molecular weight is 120 g/mol. The quantitative estimate of drug-likeness (QED) is 0.445. The van der Waals surface area contributed by atoms with Gasteiger partial charge in [0.15, 0.2) is 0 Å². The summed E-state index contributed by atoms with van der Waals surface area (Å²) in [5.74, 6) is 0. The molecule has 0 radical (unpaired) electrons. The summed E-state index contributed by atoms with van der Waals surface area (Å²) >= 11 is -0.938. The van der Waals surface area contributed by atoms with E-state index in [1.807, 2.05) is 0 Å². The third-order valence-electron chi connectivity index (χ3n) is 0.424. The molecule has 0 aromatic rings. The molecular formula is C2H5AsO. The van der Waals surface area contributed by atoms with Crippen molar-refractivity contribution in [1.82, 2.24) is 0 Å². The summed E-state index contributed by atoms with van der Waals surface area (Å²) in [7, 11) is 0. The van der Waals surface area contributed by atoms with E-state index in [2.05, 4.69) is 0 Å². The first kappa shape index (κ1) is 2.74. The van der Waals surface area contributed by atoms with Crippen LogP contribution in [-0.2, 0) is 0 Å². The summed E-state index contributed by atoms with van der Waals surface area (Å²) in [5.41, 5.74) is 0.